The molecule has 0 aliphatic rings. The number of carbonyl (C=O) groups is 1. The predicted octanol–water partition coefficient (Wildman–Crippen LogP) is 3.63. The largest absolute Gasteiger partial charge is 0.349 e. The van der Waals surface area contributed by atoms with E-state index < -0.39 is 0 Å². The van der Waals surface area contributed by atoms with Crippen LogP contribution in [0.15, 0.2) is 12.2 Å². The van der Waals surface area contributed by atoms with E-state index >= 15 is 0 Å². The summed E-state index contributed by atoms with van der Waals surface area (Å²) in [5, 5.41) is 0. The molecule has 0 spiro atoms. The molecule has 0 heterocycles. The number of nitrogens with zero attached hydrogens (tertiary/aromatic N) is 1. The standard InChI is InChI=1S/C14H27NO/c1-5-6-7-8-9-10-11-13(2)12-14(16)15(3)4/h10-11,13H,5-9,12H2,1-4H3/b11-10+/t13-/m0/s1. The van der Waals surface area contributed by atoms with Gasteiger partial charge in [-0.2, -0.15) is 0 Å². The van der Waals surface area contributed by atoms with Crippen LogP contribution >= 0.6 is 0 Å². The highest BCUT2D eigenvalue weighted by molar-refractivity contribution is 5.75. The van der Waals surface area contributed by atoms with Crippen molar-refractivity contribution in [2.75, 3.05) is 14.1 Å². The first-order valence-electron chi connectivity index (χ1n) is 6.44. The number of carbonyl (C=O) groups excluding carboxylic acids is 1. The first kappa shape index (κ1) is 15.2. The number of allylic oxidation sites excluding steroid dienone is 2. The summed E-state index contributed by atoms with van der Waals surface area (Å²) in [6.07, 6.45) is 11.4. The number of rotatable bonds is 8. The summed E-state index contributed by atoms with van der Waals surface area (Å²) in [6, 6.07) is 0. The molecule has 0 aromatic carbocycles. The first-order chi connectivity index (χ1) is 7.57. The lowest BCUT2D eigenvalue weighted by Gasteiger charge is -2.12. The fourth-order valence-corrected chi connectivity index (χ4v) is 1.54. The third-order valence-electron chi connectivity index (χ3n) is 2.68. The molecule has 0 N–H and O–H groups in total. The van der Waals surface area contributed by atoms with E-state index in [4.69, 9.17) is 0 Å². The maximum absolute atomic E-state index is 11.4. The van der Waals surface area contributed by atoms with Crippen LogP contribution in [0.1, 0.15) is 52.4 Å². The fourth-order valence-electron chi connectivity index (χ4n) is 1.54. The number of amides is 1. The molecular weight excluding hydrogens is 198 g/mol. The average molecular weight is 225 g/mol. The van der Waals surface area contributed by atoms with Gasteiger partial charge in [0, 0.05) is 20.5 Å². The molecule has 16 heavy (non-hydrogen) atoms. The summed E-state index contributed by atoms with van der Waals surface area (Å²) in [5.41, 5.74) is 0. The van der Waals surface area contributed by atoms with E-state index in [1.54, 1.807) is 4.90 Å². The van der Waals surface area contributed by atoms with Gasteiger partial charge in [-0.15, -0.1) is 0 Å². The van der Waals surface area contributed by atoms with Gasteiger partial charge in [0.25, 0.3) is 0 Å². The quantitative estimate of drug-likeness (QED) is 0.456. The van der Waals surface area contributed by atoms with Gasteiger partial charge in [-0.3, -0.25) is 4.79 Å². The number of unbranched alkanes of at least 4 members (excludes halogenated alkanes) is 4. The van der Waals surface area contributed by atoms with Crippen molar-refractivity contribution >= 4 is 5.91 Å². The second kappa shape index (κ2) is 9.44. The van der Waals surface area contributed by atoms with Gasteiger partial charge < -0.3 is 4.90 Å². The topological polar surface area (TPSA) is 20.3 Å². The third kappa shape index (κ3) is 8.51. The highest BCUT2D eigenvalue weighted by Crippen LogP contribution is 2.08. The van der Waals surface area contributed by atoms with E-state index in [9.17, 15) is 4.79 Å². The Balaban J connectivity index is 3.58. The lowest BCUT2D eigenvalue weighted by atomic mass is 10.1. The molecule has 0 unspecified atom stereocenters. The van der Waals surface area contributed by atoms with E-state index in [0.717, 1.165) is 6.42 Å². The van der Waals surface area contributed by atoms with Gasteiger partial charge in [0.15, 0.2) is 0 Å². The molecule has 0 aromatic heterocycles. The van der Waals surface area contributed by atoms with Crippen molar-refractivity contribution in [1.82, 2.24) is 4.90 Å². The lowest BCUT2D eigenvalue weighted by Crippen LogP contribution is -2.22. The minimum Gasteiger partial charge on any atom is -0.349 e. The summed E-state index contributed by atoms with van der Waals surface area (Å²) in [5.74, 6) is 0.573. The molecule has 2 heteroatoms. The third-order valence-corrected chi connectivity index (χ3v) is 2.68. The van der Waals surface area contributed by atoms with E-state index in [1.165, 1.54) is 25.7 Å². The summed E-state index contributed by atoms with van der Waals surface area (Å²) in [4.78, 5) is 13.1. The molecule has 0 rings (SSSR count). The van der Waals surface area contributed by atoms with E-state index in [-0.39, 0.29) is 5.91 Å². The highest BCUT2D eigenvalue weighted by atomic mass is 16.2. The Morgan fingerprint density at radius 3 is 2.50 bits per heavy atom. The SMILES string of the molecule is CCCCCC/C=C/[C@H](C)CC(=O)N(C)C. The van der Waals surface area contributed by atoms with Crippen LogP contribution in [-0.2, 0) is 4.79 Å². The second-order valence-corrected chi connectivity index (χ2v) is 4.75. The Morgan fingerprint density at radius 2 is 1.94 bits per heavy atom. The average Bonchev–Trinajstić information content (AvgIpc) is 2.23. The van der Waals surface area contributed by atoms with Crippen molar-refractivity contribution in [2.45, 2.75) is 52.4 Å². The van der Waals surface area contributed by atoms with Crippen LogP contribution in [0.5, 0.6) is 0 Å². The van der Waals surface area contributed by atoms with Gasteiger partial charge in [0.05, 0.1) is 0 Å². The zero-order valence-electron chi connectivity index (χ0n) is 11.3. The molecule has 2 nitrogen and oxygen atoms in total. The van der Waals surface area contributed by atoms with Crippen LogP contribution in [0, 0.1) is 5.92 Å². The Bertz CT molecular complexity index is 209. The Labute approximate surface area is 101 Å². The monoisotopic (exact) mass is 225 g/mol. The van der Waals surface area contributed by atoms with Crippen molar-refractivity contribution in [1.29, 1.82) is 0 Å². The van der Waals surface area contributed by atoms with Gasteiger partial charge in [-0.25, -0.2) is 0 Å². The Morgan fingerprint density at radius 1 is 1.25 bits per heavy atom. The predicted molar refractivity (Wildman–Crippen MR) is 70.4 cm³/mol. The zero-order valence-corrected chi connectivity index (χ0v) is 11.3. The molecule has 94 valence electrons. The van der Waals surface area contributed by atoms with Crippen molar-refractivity contribution in [3.63, 3.8) is 0 Å². The summed E-state index contributed by atoms with van der Waals surface area (Å²) in [7, 11) is 3.62. The van der Waals surface area contributed by atoms with E-state index in [0.29, 0.717) is 12.3 Å². The number of hydrogen-bond donors (Lipinski definition) is 0. The molecule has 0 saturated heterocycles. The van der Waals surface area contributed by atoms with Crippen molar-refractivity contribution in [3.8, 4) is 0 Å². The van der Waals surface area contributed by atoms with Crippen LogP contribution in [0.4, 0.5) is 0 Å². The molecule has 0 radical (unpaired) electrons. The maximum atomic E-state index is 11.4. The van der Waals surface area contributed by atoms with Crippen LogP contribution in [0.25, 0.3) is 0 Å². The van der Waals surface area contributed by atoms with Crippen LogP contribution in [0.2, 0.25) is 0 Å². The normalized spacial score (nSPS) is 13.0. The molecule has 0 bridgehead atoms. The van der Waals surface area contributed by atoms with Crippen molar-refractivity contribution < 1.29 is 4.79 Å². The van der Waals surface area contributed by atoms with Crippen LogP contribution in [-0.4, -0.2) is 24.9 Å². The van der Waals surface area contributed by atoms with Gasteiger partial charge in [-0.05, 0) is 18.8 Å². The highest BCUT2D eigenvalue weighted by Gasteiger charge is 2.07. The molecule has 1 amide bonds. The zero-order chi connectivity index (χ0) is 12.4. The molecule has 0 aliphatic carbocycles. The maximum Gasteiger partial charge on any atom is 0.222 e. The molecule has 0 saturated carbocycles. The van der Waals surface area contributed by atoms with Gasteiger partial charge in [-0.1, -0.05) is 45.3 Å². The summed E-state index contributed by atoms with van der Waals surface area (Å²) >= 11 is 0. The van der Waals surface area contributed by atoms with Gasteiger partial charge in [0.2, 0.25) is 5.91 Å². The summed E-state index contributed by atoms with van der Waals surface area (Å²) in [6.45, 7) is 4.33. The fraction of sp³-hybridized carbons (Fsp3) is 0.786. The Hall–Kier alpha value is -0.790. The van der Waals surface area contributed by atoms with Gasteiger partial charge in [0.1, 0.15) is 0 Å². The summed E-state index contributed by atoms with van der Waals surface area (Å²) < 4.78 is 0. The Kier molecular flexibility index (Phi) is 8.97. The van der Waals surface area contributed by atoms with Gasteiger partial charge >= 0.3 is 0 Å². The second-order valence-electron chi connectivity index (χ2n) is 4.75. The van der Waals surface area contributed by atoms with E-state index in [1.807, 2.05) is 14.1 Å². The lowest BCUT2D eigenvalue weighted by molar-refractivity contribution is -0.129. The van der Waals surface area contributed by atoms with Crippen molar-refractivity contribution in [2.24, 2.45) is 5.92 Å². The molecule has 0 fully saturated rings. The molecule has 1 atom stereocenters. The van der Waals surface area contributed by atoms with Crippen LogP contribution < -0.4 is 0 Å². The molecule has 0 aliphatic heterocycles. The molecular formula is C14H27NO. The minimum absolute atomic E-state index is 0.211. The van der Waals surface area contributed by atoms with Crippen molar-refractivity contribution in [3.05, 3.63) is 12.2 Å². The number of hydrogen-bond acceptors (Lipinski definition) is 1. The van der Waals surface area contributed by atoms with E-state index in [2.05, 4.69) is 26.0 Å². The van der Waals surface area contributed by atoms with Crippen LogP contribution in [0.3, 0.4) is 0 Å². The first-order valence-corrected chi connectivity index (χ1v) is 6.44. The molecule has 0 aromatic rings. The minimum atomic E-state index is 0.211. The smallest absolute Gasteiger partial charge is 0.222 e.